The van der Waals surface area contributed by atoms with Crippen LogP contribution in [0.4, 0.5) is 5.69 Å². The fraction of sp³-hybridized carbons (Fsp3) is 0.412. The molecule has 0 atom stereocenters. The highest BCUT2D eigenvalue weighted by Gasteiger charge is 2.21. The van der Waals surface area contributed by atoms with Crippen LogP contribution in [0.2, 0.25) is 5.02 Å². The first kappa shape index (κ1) is 16.8. The van der Waals surface area contributed by atoms with Crippen molar-refractivity contribution >= 4 is 34.2 Å². The maximum atomic E-state index is 12.4. The van der Waals surface area contributed by atoms with Gasteiger partial charge in [0.2, 0.25) is 5.76 Å². The zero-order valence-corrected chi connectivity index (χ0v) is 14.4. The molecule has 128 valence electrons. The Morgan fingerprint density at radius 2 is 1.96 bits per heavy atom. The summed E-state index contributed by atoms with van der Waals surface area (Å²) in [5.41, 5.74) is 0.797. The highest BCUT2D eigenvalue weighted by atomic mass is 35.5. The summed E-state index contributed by atoms with van der Waals surface area (Å²) in [4.78, 5) is 28.7. The van der Waals surface area contributed by atoms with E-state index >= 15 is 0 Å². The third-order valence-electron chi connectivity index (χ3n) is 4.09. The van der Waals surface area contributed by atoms with Gasteiger partial charge in [-0.05, 0) is 26.1 Å². The Morgan fingerprint density at radius 3 is 2.62 bits per heavy atom. The molecular formula is C17H19ClN2O4. The topological polar surface area (TPSA) is 63.0 Å². The maximum Gasteiger partial charge on any atom is 0.374 e. The van der Waals surface area contributed by atoms with E-state index in [9.17, 15) is 9.59 Å². The van der Waals surface area contributed by atoms with Crippen molar-refractivity contribution in [2.45, 2.75) is 6.92 Å². The number of hydrogen-bond donors (Lipinski definition) is 0. The lowest BCUT2D eigenvalue weighted by Gasteiger charge is -2.34. The summed E-state index contributed by atoms with van der Waals surface area (Å²) in [5.74, 6) is -0.733. The van der Waals surface area contributed by atoms with Crippen molar-refractivity contribution in [3.63, 3.8) is 0 Å². The molecule has 0 amide bonds. The van der Waals surface area contributed by atoms with Gasteiger partial charge >= 0.3 is 5.97 Å². The lowest BCUT2D eigenvalue weighted by Crippen LogP contribution is -2.44. The molecule has 1 aromatic heterocycles. The Morgan fingerprint density at radius 1 is 1.25 bits per heavy atom. The molecule has 0 aliphatic carbocycles. The quantitative estimate of drug-likeness (QED) is 0.792. The summed E-state index contributed by atoms with van der Waals surface area (Å²) in [5, 5.41) is 0.831. The van der Waals surface area contributed by atoms with Crippen molar-refractivity contribution < 1.29 is 13.9 Å². The normalized spacial score (nSPS) is 15.7. The van der Waals surface area contributed by atoms with Gasteiger partial charge in [-0.2, -0.15) is 0 Å². The van der Waals surface area contributed by atoms with Crippen LogP contribution in [0.5, 0.6) is 0 Å². The number of ether oxygens (including phenoxy) is 1. The zero-order chi connectivity index (χ0) is 17.3. The van der Waals surface area contributed by atoms with E-state index in [1.165, 1.54) is 0 Å². The minimum absolute atomic E-state index is 0.0907. The van der Waals surface area contributed by atoms with Gasteiger partial charge in [-0.1, -0.05) is 11.6 Å². The van der Waals surface area contributed by atoms with E-state index in [0.717, 1.165) is 37.9 Å². The van der Waals surface area contributed by atoms with Crippen LogP contribution in [0.25, 0.3) is 11.0 Å². The van der Waals surface area contributed by atoms with Crippen molar-refractivity contribution in [1.82, 2.24) is 4.90 Å². The highest BCUT2D eigenvalue weighted by molar-refractivity contribution is 6.31. The number of hydrogen-bond acceptors (Lipinski definition) is 6. The predicted molar refractivity (Wildman–Crippen MR) is 93.2 cm³/mol. The van der Waals surface area contributed by atoms with Gasteiger partial charge in [0, 0.05) is 37.3 Å². The summed E-state index contributed by atoms with van der Waals surface area (Å²) >= 11 is 6.19. The molecule has 6 nitrogen and oxygen atoms in total. The average Bonchev–Trinajstić information content (AvgIpc) is 2.56. The summed E-state index contributed by atoms with van der Waals surface area (Å²) in [7, 11) is 2.06. The van der Waals surface area contributed by atoms with Gasteiger partial charge in [-0.25, -0.2) is 4.79 Å². The predicted octanol–water partition coefficient (Wildman–Crippen LogP) is 2.37. The smallest absolute Gasteiger partial charge is 0.374 e. The standard InChI is InChI=1S/C17H19ClN2O4/c1-3-23-17(22)15-10-14(21)12-8-11(18)9-13(16(12)24-15)20-6-4-19(2)5-7-20/h8-10H,3-7H2,1-2H3. The van der Waals surface area contributed by atoms with Gasteiger partial charge < -0.3 is 19.0 Å². The van der Waals surface area contributed by atoms with Crippen LogP contribution in [0.1, 0.15) is 17.5 Å². The molecule has 0 unspecified atom stereocenters. The molecule has 24 heavy (non-hydrogen) atoms. The number of carbonyl (C=O) groups is 1. The second-order valence-corrected chi connectivity index (χ2v) is 6.22. The highest BCUT2D eigenvalue weighted by Crippen LogP contribution is 2.30. The second-order valence-electron chi connectivity index (χ2n) is 5.79. The second kappa shape index (κ2) is 6.83. The Kier molecular flexibility index (Phi) is 4.78. The first-order valence-corrected chi connectivity index (χ1v) is 8.25. The fourth-order valence-electron chi connectivity index (χ4n) is 2.79. The molecule has 0 N–H and O–H groups in total. The van der Waals surface area contributed by atoms with Crippen LogP contribution >= 0.6 is 11.6 Å². The van der Waals surface area contributed by atoms with Gasteiger partial charge in [0.15, 0.2) is 11.0 Å². The van der Waals surface area contributed by atoms with E-state index < -0.39 is 5.97 Å². The SMILES string of the molecule is CCOC(=O)c1cc(=O)c2cc(Cl)cc(N3CCN(C)CC3)c2o1. The van der Waals surface area contributed by atoms with E-state index in [0.29, 0.717) is 16.0 Å². The minimum atomic E-state index is -0.643. The number of fused-ring (bicyclic) bond motifs is 1. The van der Waals surface area contributed by atoms with Gasteiger partial charge in [0.05, 0.1) is 17.7 Å². The summed E-state index contributed by atoms with van der Waals surface area (Å²) in [6.07, 6.45) is 0. The van der Waals surface area contributed by atoms with Crippen LogP contribution < -0.4 is 10.3 Å². The van der Waals surface area contributed by atoms with Gasteiger partial charge in [0.1, 0.15) is 0 Å². The number of piperazine rings is 1. The summed E-state index contributed by atoms with van der Waals surface area (Å²) < 4.78 is 10.7. The molecule has 2 heterocycles. The Labute approximate surface area is 144 Å². The van der Waals surface area contributed by atoms with E-state index in [-0.39, 0.29) is 17.8 Å². The Balaban J connectivity index is 2.13. The molecule has 1 saturated heterocycles. The molecule has 1 aliphatic heterocycles. The van der Waals surface area contributed by atoms with Crippen LogP contribution in [0.15, 0.2) is 27.4 Å². The van der Waals surface area contributed by atoms with Crippen LogP contribution in [0.3, 0.4) is 0 Å². The van der Waals surface area contributed by atoms with Crippen molar-refractivity contribution in [1.29, 1.82) is 0 Å². The first-order chi connectivity index (χ1) is 11.5. The third kappa shape index (κ3) is 3.25. The lowest BCUT2D eigenvalue weighted by molar-refractivity contribution is 0.0490. The number of halogens is 1. The molecule has 1 fully saturated rings. The molecule has 0 spiro atoms. The van der Waals surface area contributed by atoms with Crippen LogP contribution in [-0.2, 0) is 4.74 Å². The lowest BCUT2D eigenvalue weighted by atomic mass is 10.1. The van der Waals surface area contributed by atoms with Crippen molar-refractivity contribution in [2.24, 2.45) is 0 Å². The maximum absolute atomic E-state index is 12.4. The molecule has 1 aliphatic rings. The van der Waals surface area contributed by atoms with Crippen LogP contribution in [0, 0.1) is 0 Å². The number of esters is 1. The first-order valence-electron chi connectivity index (χ1n) is 7.87. The molecule has 0 radical (unpaired) electrons. The number of anilines is 1. The Bertz CT molecular complexity index is 825. The summed E-state index contributed by atoms with van der Waals surface area (Å²) in [6, 6.07) is 4.49. The summed E-state index contributed by atoms with van der Waals surface area (Å²) in [6.45, 7) is 5.29. The average molecular weight is 351 g/mol. The largest absolute Gasteiger partial charge is 0.460 e. The van der Waals surface area contributed by atoms with E-state index in [1.54, 1.807) is 19.1 Å². The number of benzene rings is 1. The fourth-order valence-corrected chi connectivity index (χ4v) is 3.00. The van der Waals surface area contributed by atoms with Crippen molar-refractivity contribution in [2.75, 3.05) is 44.7 Å². The van der Waals surface area contributed by atoms with Crippen molar-refractivity contribution in [3.05, 3.63) is 39.2 Å². The molecule has 1 aromatic carbocycles. The molecule has 0 bridgehead atoms. The molecular weight excluding hydrogens is 332 g/mol. The van der Waals surface area contributed by atoms with E-state index in [1.807, 2.05) is 0 Å². The van der Waals surface area contributed by atoms with Crippen LogP contribution in [-0.4, -0.2) is 50.7 Å². The van der Waals surface area contributed by atoms with Gasteiger partial charge in [-0.3, -0.25) is 4.79 Å². The van der Waals surface area contributed by atoms with E-state index in [4.69, 9.17) is 20.8 Å². The zero-order valence-electron chi connectivity index (χ0n) is 13.7. The minimum Gasteiger partial charge on any atom is -0.460 e. The number of carbonyl (C=O) groups excluding carboxylic acids is 1. The third-order valence-corrected chi connectivity index (χ3v) is 4.31. The van der Waals surface area contributed by atoms with E-state index in [2.05, 4.69) is 16.8 Å². The monoisotopic (exact) mass is 350 g/mol. The number of likely N-dealkylation sites (N-methyl/N-ethyl adjacent to an activating group) is 1. The molecule has 0 saturated carbocycles. The number of nitrogens with zero attached hydrogens (tertiary/aromatic N) is 2. The Hall–Kier alpha value is -2.05. The van der Waals surface area contributed by atoms with Crippen molar-refractivity contribution in [3.8, 4) is 0 Å². The molecule has 3 rings (SSSR count). The van der Waals surface area contributed by atoms with Gasteiger partial charge in [-0.15, -0.1) is 0 Å². The molecule has 2 aromatic rings. The van der Waals surface area contributed by atoms with Gasteiger partial charge in [0.25, 0.3) is 0 Å². The number of rotatable bonds is 3. The molecule has 7 heteroatoms.